The van der Waals surface area contributed by atoms with Gasteiger partial charge < -0.3 is 15.0 Å². The second-order valence-corrected chi connectivity index (χ2v) is 9.29. The van der Waals surface area contributed by atoms with E-state index in [1.54, 1.807) is 36.4 Å². The molecule has 0 aliphatic carbocycles. The van der Waals surface area contributed by atoms with Gasteiger partial charge in [0, 0.05) is 33.2 Å². The van der Waals surface area contributed by atoms with Crippen molar-refractivity contribution in [1.29, 1.82) is 0 Å². The molecule has 0 radical (unpaired) electrons. The molecule has 2 amide bonds. The van der Waals surface area contributed by atoms with Gasteiger partial charge in [-0.3, -0.25) is 9.59 Å². The number of nitrogens with zero attached hydrogens (tertiary/aromatic N) is 1. The Balaban J connectivity index is 2.26. The number of hydrogen-bond acceptors (Lipinski definition) is 3. The fourth-order valence-electron chi connectivity index (χ4n) is 3.09. The van der Waals surface area contributed by atoms with E-state index in [9.17, 15) is 9.59 Å². The van der Waals surface area contributed by atoms with Crippen LogP contribution in [-0.2, 0) is 16.1 Å². The van der Waals surface area contributed by atoms with Crippen molar-refractivity contribution in [3.8, 4) is 5.75 Å². The van der Waals surface area contributed by atoms with Crippen molar-refractivity contribution in [3.63, 3.8) is 0 Å². The maximum atomic E-state index is 13.2. The third-order valence-corrected chi connectivity index (χ3v) is 6.35. The van der Waals surface area contributed by atoms with E-state index in [2.05, 4.69) is 21.2 Å². The van der Waals surface area contributed by atoms with Gasteiger partial charge in [0.1, 0.15) is 11.8 Å². The fourth-order valence-corrected chi connectivity index (χ4v) is 4.34. The molecule has 32 heavy (non-hydrogen) atoms. The van der Waals surface area contributed by atoms with Gasteiger partial charge in [-0.2, -0.15) is 0 Å². The Morgan fingerprint density at radius 1 is 1.09 bits per heavy atom. The van der Waals surface area contributed by atoms with Crippen molar-refractivity contribution in [3.05, 3.63) is 61.5 Å². The van der Waals surface area contributed by atoms with Gasteiger partial charge in [0.15, 0.2) is 6.61 Å². The number of carbonyl (C=O) groups excluding carboxylic acids is 2. The van der Waals surface area contributed by atoms with Gasteiger partial charge in [0.25, 0.3) is 5.91 Å². The first-order chi connectivity index (χ1) is 15.3. The number of nitrogens with one attached hydrogen (secondary N) is 1. The van der Waals surface area contributed by atoms with E-state index in [4.69, 9.17) is 39.5 Å². The van der Waals surface area contributed by atoms with E-state index in [0.717, 1.165) is 17.3 Å². The molecule has 174 valence electrons. The lowest BCUT2D eigenvalue weighted by atomic mass is 10.1. The molecule has 0 saturated carbocycles. The Morgan fingerprint density at radius 2 is 1.78 bits per heavy atom. The molecule has 9 heteroatoms. The van der Waals surface area contributed by atoms with Crippen LogP contribution in [-0.4, -0.2) is 35.9 Å². The van der Waals surface area contributed by atoms with Crippen LogP contribution in [0, 0.1) is 0 Å². The average Bonchev–Trinajstić information content (AvgIpc) is 2.75. The largest absolute Gasteiger partial charge is 0.482 e. The first-order valence-electron chi connectivity index (χ1n) is 10.4. The molecule has 0 aliphatic rings. The second-order valence-electron chi connectivity index (χ2n) is 7.15. The number of rotatable bonds is 11. The molecule has 0 aliphatic heterocycles. The number of halogens is 4. The molecule has 0 heterocycles. The summed E-state index contributed by atoms with van der Waals surface area (Å²) in [7, 11) is 0. The monoisotopic (exact) mass is 562 g/mol. The third kappa shape index (κ3) is 7.55. The van der Waals surface area contributed by atoms with Crippen LogP contribution in [0.15, 0.2) is 40.9 Å². The Hall–Kier alpha value is -1.47. The first-order valence-corrected chi connectivity index (χ1v) is 12.3. The number of carbonyl (C=O) groups is 2. The minimum atomic E-state index is -0.698. The highest BCUT2D eigenvalue weighted by Crippen LogP contribution is 2.29. The molecule has 2 aromatic rings. The van der Waals surface area contributed by atoms with E-state index in [-0.39, 0.29) is 25.0 Å². The summed E-state index contributed by atoms with van der Waals surface area (Å²) < 4.78 is 6.46. The summed E-state index contributed by atoms with van der Waals surface area (Å²) in [5, 5.41) is 4.13. The summed E-state index contributed by atoms with van der Waals surface area (Å²) in [5.41, 5.74) is 0.575. The van der Waals surface area contributed by atoms with Crippen molar-refractivity contribution in [1.82, 2.24) is 10.2 Å². The fraction of sp³-hybridized carbons (Fsp3) is 0.391. The minimum Gasteiger partial charge on any atom is -0.482 e. The standard InChI is InChI=1S/C23H26BrCl3N2O3/c1-3-5-11-28-23(31)20(4-2)29(13-16-17(25)7-6-8-18(16)26)22(30)14-32-21-10-9-15(24)12-19(21)27/h6-10,12,20H,3-5,11,13-14H2,1-2H3,(H,28,31)/t20-/m1/s1. The lowest BCUT2D eigenvalue weighted by Gasteiger charge is -2.31. The zero-order valence-corrected chi connectivity index (χ0v) is 21.8. The van der Waals surface area contributed by atoms with Crippen LogP contribution in [0.25, 0.3) is 0 Å². The summed E-state index contributed by atoms with van der Waals surface area (Å²) in [4.78, 5) is 27.6. The van der Waals surface area contributed by atoms with Crippen molar-refractivity contribution >= 4 is 62.5 Å². The van der Waals surface area contributed by atoms with Crippen LogP contribution in [0.2, 0.25) is 15.1 Å². The number of amides is 2. The molecular weight excluding hydrogens is 539 g/mol. The highest BCUT2D eigenvalue weighted by atomic mass is 79.9. The summed E-state index contributed by atoms with van der Waals surface area (Å²) in [5.74, 6) is -0.226. The van der Waals surface area contributed by atoms with E-state index in [1.165, 1.54) is 4.90 Å². The maximum absolute atomic E-state index is 13.2. The maximum Gasteiger partial charge on any atom is 0.261 e. The molecule has 1 atom stereocenters. The van der Waals surface area contributed by atoms with Crippen LogP contribution in [0.1, 0.15) is 38.7 Å². The van der Waals surface area contributed by atoms with Crippen molar-refractivity contribution < 1.29 is 14.3 Å². The van der Waals surface area contributed by atoms with Crippen LogP contribution in [0.5, 0.6) is 5.75 Å². The van der Waals surface area contributed by atoms with Gasteiger partial charge in [0.2, 0.25) is 5.91 Å². The zero-order chi connectivity index (χ0) is 23.7. The van der Waals surface area contributed by atoms with E-state index in [1.807, 2.05) is 13.8 Å². The van der Waals surface area contributed by atoms with Crippen molar-refractivity contribution in [2.75, 3.05) is 13.2 Å². The van der Waals surface area contributed by atoms with E-state index in [0.29, 0.717) is 39.3 Å². The van der Waals surface area contributed by atoms with Crippen LogP contribution >= 0.6 is 50.7 Å². The number of benzene rings is 2. The van der Waals surface area contributed by atoms with Gasteiger partial charge in [-0.15, -0.1) is 0 Å². The van der Waals surface area contributed by atoms with Crippen molar-refractivity contribution in [2.24, 2.45) is 0 Å². The summed E-state index contributed by atoms with van der Waals surface area (Å²) >= 11 is 22.2. The summed E-state index contributed by atoms with van der Waals surface area (Å²) in [6, 6.07) is 9.55. The predicted octanol–water partition coefficient (Wildman–Crippen LogP) is 6.51. The number of hydrogen-bond donors (Lipinski definition) is 1. The molecule has 0 spiro atoms. The van der Waals surface area contributed by atoms with Crippen LogP contribution in [0.3, 0.4) is 0 Å². The summed E-state index contributed by atoms with van der Waals surface area (Å²) in [6.07, 6.45) is 2.24. The molecular formula is C23H26BrCl3N2O3. The van der Waals surface area contributed by atoms with Crippen LogP contribution in [0.4, 0.5) is 0 Å². The Kier molecular flexibility index (Phi) is 11.1. The highest BCUT2D eigenvalue weighted by Gasteiger charge is 2.30. The van der Waals surface area contributed by atoms with Gasteiger partial charge in [-0.1, -0.05) is 77.1 Å². The smallest absolute Gasteiger partial charge is 0.261 e. The van der Waals surface area contributed by atoms with Crippen molar-refractivity contribution in [2.45, 2.75) is 45.7 Å². The quantitative estimate of drug-likeness (QED) is 0.317. The lowest BCUT2D eigenvalue weighted by molar-refractivity contribution is -0.143. The second kappa shape index (κ2) is 13.3. The number of unbranched alkanes of at least 4 members (excludes halogenated alkanes) is 1. The minimum absolute atomic E-state index is 0.0779. The van der Waals surface area contributed by atoms with E-state index >= 15 is 0 Å². The van der Waals surface area contributed by atoms with Crippen LogP contribution < -0.4 is 10.1 Å². The molecule has 5 nitrogen and oxygen atoms in total. The molecule has 2 rings (SSSR count). The Bertz CT molecular complexity index is 922. The molecule has 0 saturated heterocycles. The molecule has 0 bridgehead atoms. The van der Waals surface area contributed by atoms with Gasteiger partial charge >= 0.3 is 0 Å². The number of ether oxygens (including phenoxy) is 1. The topological polar surface area (TPSA) is 58.6 Å². The van der Waals surface area contributed by atoms with Gasteiger partial charge in [-0.05, 0) is 43.2 Å². The molecule has 0 unspecified atom stereocenters. The Labute approximate surface area is 212 Å². The lowest BCUT2D eigenvalue weighted by Crippen LogP contribution is -2.50. The third-order valence-electron chi connectivity index (χ3n) is 4.85. The van der Waals surface area contributed by atoms with E-state index < -0.39 is 6.04 Å². The SMILES string of the molecule is CCCCNC(=O)[C@@H](CC)N(Cc1c(Cl)cccc1Cl)C(=O)COc1ccc(Br)cc1Cl. The highest BCUT2D eigenvalue weighted by molar-refractivity contribution is 9.10. The van der Waals surface area contributed by atoms with Gasteiger partial charge in [-0.25, -0.2) is 0 Å². The molecule has 0 fully saturated rings. The van der Waals surface area contributed by atoms with Gasteiger partial charge in [0.05, 0.1) is 5.02 Å². The zero-order valence-electron chi connectivity index (χ0n) is 18.0. The normalized spacial score (nSPS) is 11.7. The Morgan fingerprint density at radius 3 is 2.38 bits per heavy atom. The first kappa shape index (κ1) is 26.8. The molecule has 2 aromatic carbocycles. The molecule has 0 aromatic heterocycles. The summed E-state index contributed by atoms with van der Waals surface area (Å²) in [6.45, 7) is 4.23. The average molecular weight is 565 g/mol. The predicted molar refractivity (Wildman–Crippen MR) is 134 cm³/mol. The molecule has 1 N–H and O–H groups in total.